The quantitative estimate of drug-likeness (QED) is 0.563. The molecule has 0 spiro atoms. The second-order valence-electron chi connectivity index (χ2n) is 5.69. The van der Waals surface area contributed by atoms with E-state index in [2.05, 4.69) is 10.3 Å². The van der Waals surface area contributed by atoms with E-state index in [1.165, 1.54) is 17.8 Å². The van der Waals surface area contributed by atoms with Crippen LogP contribution in [0.25, 0.3) is 0 Å². The van der Waals surface area contributed by atoms with Crippen molar-refractivity contribution in [2.45, 2.75) is 30.2 Å². The van der Waals surface area contributed by atoms with Gasteiger partial charge in [0, 0.05) is 22.8 Å². The molecule has 2 rings (SSSR count). The number of aliphatic hydroxyl groups excluding tert-OH is 1. The van der Waals surface area contributed by atoms with E-state index < -0.39 is 6.23 Å². The lowest BCUT2D eigenvalue weighted by Crippen LogP contribution is -2.39. The normalized spacial score (nSPS) is 16.8. The first-order chi connectivity index (χ1) is 10.8. The van der Waals surface area contributed by atoms with E-state index in [4.69, 9.17) is 5.73 Å². The fourth-order valence-corrected chi connectivity index (χ4v) is 3.09. The number of likely N-dealkylation sites (N-methyl/N-ethyl adjacent to an activating group) is 2. The molecule has 126 valence electrons. The molecule has 0 aromatic heterocycles. The summed E-state index contributed by atoms with van der Waals surface area (Å²) >= 11 is 1.49. The van der Waals surface area contributed by atoms with E-state index in [-0.39, 0.29) is 5.82 Å². The van der Waals surface area contributed by atoms with Gasteiger partial charge in [-0.05, 0) is 19.2 Å². The van der Waals surface area contributed by atoms with E-state index in [0.29, 0.717) is 39.5 Å². The van der Waals surface area contributed by atoms with Crippen LogP contribution in [0, 0.1) is 5.82 Å². The minimum Gasteiger partial charge on any atom is -0.384 e. The van der Waals surface area contributed by atoms with Gasteiger partial charge in [0.1, 0.15) is 17.3 Å². The van der Waals surface area contributed by atoms with Crippen LogP contribution in [-0.2, 0) is 0 Å². The highest BCUT2D eigenvalue weighted by atomic mass is 32.2. The van der Waals surface area contributed by atoms with Gasteiger partial charge in [0.05, 0.1) is 12.3 Å². The average molecular weight is 338 g/mol. The Morgan fingerprint density at radius 3 is 2.70 bits per heavy atom. The van der Waals surface area contributed by atoms with E-state index >= 15 is 0 Å². The summed E-state index contributed by atoms with van der Waals surface area (Å²) in [5.41, 5.74) is 7.68. The summed E-state index contributed by atoms with van der Waals surface area (Å²) in [7, 11) is 3.43. The van der Waals surface area contributed by atoms with Crippen molar-refractivity contribution in [1.29, 1.82) is 0 Å². The third kappa shape index (κ3) is 4.04. The molecule has 1 aliphatic heterocycles. The summed E-state index contributed by atoms with van der Waals surface area (Å²) in [6.45, 7) is 4.51. The summed E-state index contributed by atoms with van der Waals surface area (Å²) in [5.74, 6) is 0.146. The molecular weight excluding hydrogens is 315 g/mol. The van der Waals surface area contributed by atoms with Gasteiger partial charge in [-0.2, -0.15) is 0 Å². The van der Waals surface area contributed by atoms with E-state index in [9.17, 15) is 9.50 Å². The lowest BCUT2D eigenvalue weighted by atomic mass is 10.1. The first-order valence-electron chi connectivity index (χ1n) is 7.43. The third-order valence-corrected chi connectivity index (χ3v) is 4.53. The van der Waals surface area contributed by atoms with Crippen LogP contribution in [0.1, 0.15) is 19.4 Å². The second-order valence-corrected chi connectivity index (χ2v) is 7.31. The van der Waals surface area contributed by atoms with Crippen LogP contribution in [0.3, 0.4) is 0 Å². The van der Waals surface area contributed by atoms with Crippen molar-refractivity contribution in [2.24, 2.45) is 10.7 Å². The van der Waals surface area contributed by atoms with Crippen molar-refractivity contribution < 1.29 is 9.50 Å². The summed E-state index contributed by atoms with van der Waals surface area (Å²) in [5, 5.41) is 13.0. The Bertz CT molecular complexity index is 645. The van der Waals surface area contributed by atoms with Gasteiger partial charge in [0.15, 0.2) is 6.23 Å². The maximum Gasteiger partial charge on any atom is 0.151 e. The van der Waals surface area contributed by atoms with Crippen LogP contribution in [0.2, 0.25) is 0 Å². The van der Waals surface area contributed by atoms with Gasteiger partial charge in [0.2, 0.25) is 0 Å². The molecule has 0 amide bonds. The summed E-state index contributed by atoms with van der Waals surface area (Å²) in [6.07, 6.45) is -0.964. The van der Waals surface area contributed by atoms with Gasteiger partial charge in [-0.15, -0.1) is 11.8 Å². The van der Waals surface area contributed by atoms with Crippen molar-refractivity contribution in [3.05, 3.63) is 41.1 Å². The highest BCUT2D eigenvalue weighted by Gasteiger charge is 2.23. The van der Waals surface area contributed by atoms with Crippen molar-refractivity contribution in [2.75, 3.05) is 20.6 Å². The van der Waals surface area contributed by atoms with Crippen LogP contribution >= 0.6 is 11.8 Å². The van der Waals surface area contributed by atoms with Crippen LogP contribution in [-0.4, -0.2) is 47.8 Å². The SMILES string of the molecule is CNC(O)C1=C(N)N(C)CC(c2ccc(SC(C)C)c(F)c2)=N1. The number of hydrogen-bond acceptors (Lipinski definition) is 6. The van der Waals surface area contributed by atoms with Crippen molar-refractivity contribution in [1.82, 2.24) is 10.2 Å². The number of thioether (sulfide) groups is 1. The van der Waals surface area contributed by atoms with Crippen LogP contribution in [0.4, 0.5) is 4.39 Å². The zero-order chi connectivity index (χ0) is 17.1. The topological polar surface area (TPSA) is 73.9 Å². The fraction of sp³-hybridized carbons (Fsp3) is 0.438. The number of nitrogens with two attached hydrogens (primary N) is 1. The number of rotatable bonds is 5. The number of nitrogens with zero attached hydrogens (tertiary/aromatic N) is 2. The Balaban J connectivity index is 2.36. The number of benzene rings is 1. The Labute approximate surface area is 140 Å². The van der Waals surface area contributed by atoms with E-state index in [1.54, 1.807) is 18.0 Å². The number of aliphatic imine (C=N–C) groups is 1. The number of nitrogens with one attached hydrogen (secondary N) is 1. The number of halogens is 1. The molecule has 1 unspecified atom stereocenters. The first kappa shape index (κ1) is 17.8. The highest BCUT2D eigenvalue weighted by molar-refractivity contribution is 7.99. The summed E-state index contributed by atoms with van der Waals surface area (Å²) in [4.78, 5) is 6.84. The number of hydrogen-bond donors (Lipinski definition) is 3. The second kappa shape index (κ2) is 7.33. The molecule has 0 saturated heterocycles. The predicted octanol–water partition coefficient (Wildman–Crippen LogP) is 1.73. The molecule has 1 heterocycles. The molecule has 23 heavy (non-hydrogen) atoms. The van der Waals surface area contributed by atoms with Gasteiger partial charge in [0.25, 0.3) is 0 Å². The van der Waals surface area contributed by atoms with Gasteiger partial charge in [-0.3, -0.25) is 5.32 Å². The molecule has 5 nitrogen and oxygen atoms in total. The molecule has 0 bridgehead atoms. The summed E-state index contributed by atoms with van der Waals surface area (Å²) < 4.78 is 14.3. The van der Waals surface area contributed by atoms with Crippen LogP contribution < -0.4 is 11.1 Å². The molecule has 0 saturated carbocycles. The molecular formula is C16H23FN4OS. The molecule has 1 aliphatic rings. The fourth-order valence-electron chi connectivity index (χ4n) is 2.27. The smallest absolute Gasteiger partial charge is 0.151 e. The minimum absolute atomic E-state index is 0.259. The minimum atomic E-state index is -0.964. The Morgan fingerprint density at radius 2 is 2.13 bits per heavy atom. The highest BCUT2D eigenvalue weighted by Crippen LogP contribution is 2.27. The molecule has 1 aromatic rings. The molecule has 1 aromatic carbocycles. The molecule has 0 aliphatic carbocycles. The Hall–Kier alpha value is -1.57. The van der Waals surface area contributed by atoms with Crippen molar-refractivity contribution in [3.8, 4) is 0 Å². The molecule has 1 atom stereocenters. The van der Waals surface area contributed by atoms with E-state index in [0.717, 1.165) is 0 Å². The standard InChI is InChI=1S/C16H23FN4OS/c1-9(2)23-13-6-5-10(7-11(13)17)12-8-21(4)15(18)14(20-12)16(22)19-3/h5-7,9,16,19,22H,8,18H2,1-4H3. The van der Waals surface area contributed by atoms with Gasteiger partial charge in [-0.1, -0.05) is 19.9 Å². The molecule has 4 N–H and O–H groups in total. The molecule has 0 radical (unpaired) electrons. The van der Waals surface area contributed by atoms with Gasteiger partial charge >= 0.3 is 0 Å². The maximum atomic E-state index is 14.3. The number of aliphatic hydroxyl groups is 1. The first-order valence-corrected chi connectivity index (χ1v) is 8.31. The van der Waals surface area contributed by atoms with Crippen molar-refractivity contribution >= 4 is 17.5 Å². The maximum absolute atomic E-state index is 14.3. The Kier molecular flexibility index (Phi) is 5.67. The van der Waals surface area contributed by atoms with Gasteiger partial charge < -0.3 is 15.7 Å². The lowest BCUT2D eigenvalue weighted by molar-refractivity contribution is 0.176. The predicted molar refractivity (Wildman–Crippen MR) is 92.8 cm³/mol. The monoisotopic (exact) mass is 338 g/mol. The van der Waals surface area contributed by atoms with Gasteiger partial charge in [-0.25, -0.2) is 9.38 Å². The largest absolute Gasteiger partial charge is 0.384 e. The molecule has 0 fully saturated rings. The zero-order valence-electron chi connectivity index (χ0n) is 13.8. The van der Waals surface area contributed by atoms with Crippen molar-refractivity contribution in [3.63, 3.8) is 0 Å². The van der Waals surface area contributed by atoms with Crippen LogP contribution in [0.5, 0.6) is 0 Å². The third-order valence-electron chi connectivity index (χ3n) is 3.48. The average Bonchev–Trinajstić information content (AvgIpc) is 2.50. The lowest BCUT2D eigenvalue weighted by Gasteiger charge is -2.28. The molecule has 7 heteroatoms. The summed E-state index contributed by atoms with van der Waals surface area (Å²) in [6, 6.07) is 5.11. The zero-order valence-corrected chi connectivity index (χ0v) is 14.6. The van der Waals surface area contributed by atoms with Crippen LogP contribution in [0.15, 0.2) is 39.6 Å². The Morgan fingerprint density at radius 1 is 1.43 bits per heavy atom. The van der Waals surface area contributed by atoms with E-state index in [1.807, 2.05) is 27.0 Å².